The number of nitrogens with zero attached hydrogens (tertiary/aromatic N) is 2. The molecule has 0 fully saturated rings. The van der Waals surface area contributed by atoms with Crippen LogP contribution < -0.4 is 14.5 Å². The van der Waals surface area contributed by atoms with Crippen molar-refractivity contribution in [2.24, 2.45) is 7.05 Å². The van der Waals surface area contributed by atoms with E-state index in [4.69, 9.17) is 0 Å². The zero-order valence-corrected chi connectivity index (χ0v) is 19.2. The van der Waals surface area contributed by atoms with Crippen LogP contribution in [0.15, 0.2) is 41.2 Å². The molecule has 1 atom stereocenters. The first-order valence-corrected chi connectivity index (χ1v) is 12.2. The molecule has 3 rings (SSSR count). The molecule has 0 saturated heterocycles. The van der Waals surface area contributed by atoms with Gasteiger partial charge in [0.15, 0.2) is 0 Å². The molecule has 30 heavy (non-hydrogen) atoms. The molecule has 0 spiro atoms. The molecule has 0 radical (unpaired) electrons. The average Bonchev–Trinajstić information content (AvgIpc) is 2.94. The van der Waals surface area contributed by atoms with Gasteiger partial charge in [-0.1, -0.05) is 24.3 Å². The van der Waals surface area contributed by atoms with Crippen LogP contribution in [0, 0.1) is 13.8 Å². The second kappa shape index (κ2) is 8.23. The van der Waals surface area contributed by atoms with Gasteiger partial charge in [-0.25, -0.2) is 8.42 Å². The highest BCUT2D eigenvalue weighted by Crippen LogP contribution is 2.26. The molecule has 9 heteroatoms. The molecular formula is C21H25N3O4S2. The van der Waals surface area contributed by atoms with Crippen molar-refractivity contribution in [3.8, 4) is 0 Å². The number of amides is 1. The van der Waals surface area contributed by atoms with Crippen LogP contribution in [0.3, 0.4) is 0 Å². The fraction of sp³-hybridized carbons (Fsp3) is 0.333. The van der Waals surface area contributed by atoms with Gasteiger partial charge in [0.1, 0.15) is 6.04 Å². The number of thiazole rings is 1. The third-order valence-corrected chi connectivity index (χ3v) is 7.31. The summed E-state index contributed by atoms with van der Waals surface area (Å²) in [5.41, 5.74) is 3.74. The van der Waals surface area contributed by atoms with Gasteiger partial charge in [0.2, 0.25) is 15.9 Å². The van der Waals surface area contributed by atoms with Gasteiger partial charge >= 0.3 is 4.87 Å². The van der Waals surface area contributed by atoms with Gasteiger partial charge in [0.25, 0.3) is 0 Å². The van der Waals surface area contributed by atoms with Crippen molar-refractivity contribution in [1.82, 2.24) is 4.57 Å². The highest BCUT2D eigenvalue weighted by molar-refractivity contribution is 7.92. The molecule has 1 N–H and O–H groups in total. The van der Waals surface area contributed by atoms with Crippen LogP contribution in [-0.4, -0.2) is 31.2 Å². The van der Waals surface area contributed by atoms with Crippen LogP contribution in [0.25, 0.3) is 10.2 Å². The number of fused-ring (bicyclic) bond motifs is 1. The van der Waals surface area contributed by atoms with Crippen LogP contribution in [0.4, 0.5) is 11.4 Å². The first-order chi connectivity index (χ1) is 14.0. The Labute approximate surface area is 180 Å². The predicted octanol–water partition coefficient (Wildman–Crippen LogP) is 3.40. The summed E-state index contributed by atoms with van der Waals surface area (Å²) in [4.78, 5) is 24.9. The van der Waals surface area contributed by atoms with E-state index in [0.29, 0.717) is 17.8 Å². The second-order valence-electron chi connectivity index (χ2n) is 7.35. The lowest BCUT2D eigenvalue weighted by atomic mass is 10.1. The highest BCUT2D eigenvalue weighted by Gasteiger charge is 2.31. The SMILES string of the molecule is CCC(C(=O)Nc1ccc2c(c1)sc(=O)n2C)N(c1ccc(C)c(C)c1)S(C)(=O)=O. The van der Waals surface area contributed by atoms with E-state index >= 15 is 0 Å². The molecule has 0 aliphatic carbocycles. The van der Waals surface area contributed by atoms with Crippen molar-refractivity contribution in [3.05, 3.63) is 57.2 Å². The summed E-state index contributed by atoms with van der Waals surface area (Å²) < 4.78 is 28.7. The molecule has 7 nitrogen and oxygen atoms in total. The smallest absolute Gasteiger partial charge is 0.307 e. The molecule has 0 saturated carbocycles. The number of aryl methyl sites for hydroxylation is 3. The van der Waals surface area contributed by atoms with Gasteiger partial charge in [0.05, 0.1) is 22.2 Å². The maximum absolute atomic E-state index is 13.1. The fourth-order valence-corrected chi connectivity index (χ4v) is 5.48. The molecule has 1 heterocycles. The Morgan fingerprint density at radius 2 is 1.87 bits per heavy atom. The van der Waals surface area contributed by atoms with Crippen molar-refractivity contribution in [1.29, 1.82) is 0 Å². The maximum atomic E-state index is 13.1. The number of carbonyl (C=O) groups is 1. The standard InChI is InChI=1S/C21H25N3O4S2/c1-6-17(24(30(5,27)28)16-9-7-13(2)14(3)11-16)20(25)22-15-8-10-18-19(12-15)29-21(26)23(18)4/h7-12,17H,6H2,1-5H3,(H,22,25). The number of anilines is 2. The predicted molar refractivity (Wildman–Crippen MR) is 123 cm³/mol. The Kier molecular flexibility index (Phi) is 6.05. The van der Waals surface area contributed by atoms with Crippen molar-refractivity contribution >= 4 is 48.9 Å². The Hall–Kier alpha value is -2.65. The molecule has 1 unspecified atom stereocenters. The van der Waals surface area contributed by atoms with Gasteiger partial charge in [-0.3, -0.25) is 13.9 Å². The minimum absolute atomic E-state index is 0.0853. The van der Waals surface area contributed by atoms with Crippen LogP contribution in [0.1, 0.15) is 24.5 Å². The monoisotopic (exact) mass is 447 g/mol. The van der Waals surface area contributed by atoms with Crippen molar-refractivity contribution in [3.63, 3.8) is 0 Å². The average molecular weight is 448 g/mol. The van der Waals surface area contributed by atoms with Crippen LogP contribution in [-0.2, 0) is 21.9 Å². The zero-order valence-electron chi connectivity index (χ0n) is 17.6. The lowest BCUT2D eigenvalue weighted by molar-refractivity contribution is -0.117. The summed E-state index contributed by atoms with van der Waals surface area (Å²) in [5.74, 6) is -0.427. The summed E-state index contributed by atoms with van der Waals surface area (Å²) in [6.07, 6.45) is 1.40. The Morgan fingerprint density at radius 3 is 2.47 bits per heavy atom. The third-order valence-electron chi connectivity index (χ3n) is 5.13. The van der Waals surface area contributed by atoms with E-state index in [2.05, 4.69) is 5.32 Å². The minimum Gasteiger partial charge on any atom is -0.324 e. The lowest BCUT2D eigenvalue weighted by Crippen LogP contribution is -2.47. The highest BCUT2D eigenvalue weighted by atomic mass is 32.2. The van der Waals surface area contributed by atoms with Crippen LogP contribution in [0.5, 0.6) is 0 Å². The normalized spacial score (nSPS) is 12.7. The Morgan fingerprint density at radius 1 is 1.17 bits per heavy atom. The molecule has 0 aliphatic heterocycles. The molecule has 2 aromatic carbocycles. The first kappa shape index (κ1) is 22.0. The first-order valence-electron chi connectivity index (χ1n) is 9.50. The number of sulfonamides is 1. The number of hydrogen-bond donors (Lipinski definition) is 1. The summed E-state index contributed by atoms with van der Waals surface area (Å²) in [7, 11) is -2.01. The fourth-order valence-electron chi connectivity index (χ4n) is 3.36. The Balaban J connectivity index is 1.96. The van der Waals surface area contributed by atoms with Crippen molar-refractivity contribution in [2.75, 3.05) is 15.9 Å². The number of rotatable bonds is 6. The molecule has 0 bridgehead atoms. The van der Waals surface area contributed by atoms with Crippen LogP contribution >= 0.6 is 11.3 Å². The van der Waals surface area contributed by atoms with E-state index in [1.165, 1.54) is 4.31 Å². The number of hydrogen-bond acceptors (Lipinski definition) is 5. The number of aromatic nitrogens is 1. The van der Waals surface area contributed by atoms with Crippen molar-refractivity contribution in [2.45, 2.75) is 33.2 Å². The minimum atomic E-state index is -3.70. The molecule has 0 aliphatic rings. The van der Waals surface area contributed by atoms with Gasteiger partial charge in [-0.15, -0.1) is 0 Å². The lowest BCUT2D eigenvalue weighted by Gasteiger charge is -2.30. The molecule has 1 aromatic heterocycles. The molecular weight excluding hydrogens is 422 g/mol. The Bertz CT molecular complexity index is 1280. The number of nitrogens with one attached hydrogen (secondary N) is 1. The van der Waals surface area contributed by atoms with Gasteiger partial charge in [-0.05, 0) is 61.7 Å². The molecule has 3 aromatic rings. The molecule has 1 amide bonds. The number of benzene rings is 2. The van der Waals surface area contributed by atoms with E-state index in [0.717, 1.165) is 38.9 Å². The quantitative estimate of drug-likeness (QED) is 0.627. The maximum Gasteiger partial charge on any atom is 0.307 e. The summed E-state index contributed by atoms with van der Waals surface area (Å²) in [6.45, 7) is 5.62. The van der Waals surface area contributed by atoms with E-state index in [1.54, 1.807) is 48.9 Å². The second-order valence-corrected chi connectivity index (χ2v) is 10.2. The topological polar surface area (TPSA) is 88.5 Å². The third kappa shape index (κ3) is 4.27. The molecule has 160 valence electrons. The summed E-state index contributed by atoms with van der Waals surface area (Å²) in [6, 6.07) is 9.63. The summed E-state index contributed by atoms with van der Waals surface area (Å²) in [5, 5.41) is 2.81. The van der Waals surface area contributed by atoms with Gasteiger partial charge in [0, 0.05) is 12.7 Å². The van der Waals surface area contributed by atoms with E-state index in [1.807, 2.05) is 19.9 Å². The summed E-state index contributed by atoms with van der Waals surface area (Å²) >= 11 is 1.09. The van der Waals surface area contributed by atoms with Crippen molar-refractivity contribution < 1.29 is 13.2 Å². The van der Waals surface area contributed by atoms with E-state index in [9.17, 15) is 18.0 Å². The number of carbonyl (C=O) groups excluding carboxylic acids is 1. The zero-order chi connectivity index (χ0) is 22.2. The van der Waals surface area contributed by atoms with E-state index in [-0.39, 0.29) is 4.87 Å². The van der Waals surface area contributed by atoms with Crippen LogP contribution in [0.2, 0.25) is 0 Å². The van der Waals surface area contributed by atoms with E-state index < -0.39 is 22.0 Å². The van der Waals surface area contributed by atoms with Gasteiger partial charge < -0.3 is 9.88 Å². The van der Waals surface area contributed by atoms with Gasteiger partial charge in [-0.2, -0.15) is 0 Å². The largest absolute Gasteiger partial charge is 0.324 e.